The maximum atomic E-state index is 13.5. The minimum atomic E-state index is -0.441. The molecule has 0 fully saturated rings. The Morgan fingerprint density at radius 3 is 2.19 bits per heavy atom. The second-order valence-electron chi connectivity index (χ2n) is 6.92. The Hall–Kier alpha value is -4.26. The second kappa shape index (κ2) is 8.85. The predicted octanol–water partition coefficient (Wildman–Crippen LogP) is 4.46. The summed E-state index contributed by atoms with van der Waals surface area (Å²) in [6, 6.07) is 19.4. The quantitative estimate of drug-likeness (QED) is 0.443. The first kappa shape index (κ1) is 21.0. The Bertz CT molecular complexity index is 1210. The molecular weight excluding hydrogens is 411 g/mol. The Labute approximate surface area is 184 Å². The van der Waals surface area contributed by atoms with Crippen molar-refractivity contribution < 1.29 is 23.5 Å². The molecule has 3 aromatic carbocycles. The molecule has 160 valence electrons. The van der Waals surface area contributed by atoms with E-state index in [1.807, 2.05) is 0 Å². The lowest BCUT2D eigenvalue weighted by atomic mass is 10.1. The summed E-state index contributed by atoms with van der Waals surface area (Å²) in [7, 11) is 2.89. The van der Waals surface area contributed by atoms with Gasteiger partial charge in [-0.3, -0.25) is 9.69 Å². The molecule has 1 aliphatic heterocycles. The number of benzene rings is 3. The summed E-state index contributed by atoms with van der Waals surface area (Å²) in [5.74, 6) is -0.0946. The Morgan fingerprint density at radius 1 is 0.938 bits per heavy atom. The van der Waals surface area contributed by atoms with E-state index in [0.29, 0.717) is 34.0 Å². The Morgan fingerprint density at radius 2 is 1.59 bits per heavy atom. The van der Waals surface area contributed by atoms with Crippen LogP contribution in [0.3, 0.4) is 0 Å². The highest BCUT2D eigenvalue weighted by Gasteiger charge is 2.32. The highest BCUT2D eigenvalue weighted by molar-refractivity contribution is 6.33. The van der Waals surface area contributed by atoms with Gasteiger partial charge in [0.1, 0.15) is 23.1 Å². The van der Waals surface area contributed by atoms with E-state index in [0.717, 1.165) is 0 Å². The normalized spacial score (nSPS) is 14.5. The van der Waals surface area contributed by atoms with Crippen molar-refractivity contribution in [3.05, 3.63) is 101 Å². The van der Waals surface area contributed by atoms with Crippen molar-refractivity contribution in [3.8, 4) is 5.75 Å². The average Bonchev–Trinajstić information content (AvgIpc) is 3.15. The molecule has 0 unspecified atom stereocenters. The number of amidine groups is 1. The first-order valence-corrected chi connectivity index (χ1v) is 9.73. The zero-order valence-electron chi connectivity index (χ0n) is 17.4. The summed E-state index contributed by atoms with van der Waals surface area (Å²) in [6.45, 7) is 0. The lowest BCUT2D eigenvalue weighted by Gasteiger charge is -2.18. The number of carbonyl (C=O) groups is 2. The lowest BCUT2D eigenvalue weighted by molar-refractivity contribution is -0.113. The number of anilines is 1. The molecule has 3 aromatic rings. The minimum Gasteiger partial charge on any atom is -0.497 e. The van der Waals surface area contributed by atoms with Crippen molar-refractivity contribution in [1.82, 2.24) is 0 Å². The number of ether oxygens (including phenoxy) is 2. The number of rotatable bonds is 5. The summed E-state index contributed by atoms with van der Waals surface area (Å²) in [6.07, 6.45) is 1.64. The van der Waals surface area contributed by atoms with Crippen molar-refractivity contribution in [1.29, 1.82) is 0 Å². The molecule has 0 bridgehead atoms. The van der Waals surface area contributed by atoms with Crippen LogP contribution in [0.2, 0.25) is 0 Å². The van der Waals surface area contributed by atoms with Crippen LogP contribution in [0.1, 0.15) is 21.5 Å². The average molecular weight is 430 g/mol. The lowest BCUT2D eigenvalue weighted by Crippen LogP contribution is -2.32. The number of hydrogen-bond acceptors (Lipinski definition) is 5. The third kappa shape index (κ3) is 4.13. The van der Waals surface area contributed by atoms with Crippen LogP contribution in [0.5, 0.6) is 5.75 Å². The van der Waals surface area contributed by atoms with Crippen molar-refractivity contribution in [2.75, 3.05) is 19.1 Å². The smallest absolute Gasteiger partial charge is 0.337 e. The number of hydrogen-bond donors (Lipinski definition) is 0. The van der Waals surface area contributed by atoms with Gasteiger partial charge < -0.3 is 9.47 Å². The summed E-state index contributed by atoms with van der Waals surface area (Å²) < 4.78 is 23.4. The van der Waals surface area contributed by atoms with Crippen molar-refractivity contribution in [3.63, 3.8) is 0 Å². The maximum absolute atomic E-state index is 13.5. The van der Waals surface area contributed by atoms with Crippen LogP contribution in [0, 0.1) is 5.82 Å². The van der Waals surface area contributed by atoms with Crippen LogP contribution in [0.15, 0.2) is 83.5 Å². The summed E-state index contributed by atoms with van der Waals surface area (Å²) in [4.78, 5) is 30.9. The minimum absolute atomic E-state index is 0.214. The van der Waals surface area contributed by atoms with Gasteiger partial charge in [-0.25, -0.2) is 14.2 Å². The van der Waals surface area contributed by atoms with Crippen molar-refractivity contribution >= 4 is 29.5 Å². The number of methoxy groups -OCH3 is 2. The van der Waals surface area contributed by atoms with Crippen LogP contribution in [-0.2, 0) is 9.53 Å². The molecule has 0 radical (unpaired) electrons. The molecule has 4 rings (SSSR count). The molecule has 0 aromatic heterocycles. The first-order chi connectivity index (χ1) is 15.5. The van der Waals surface area contributed by atoms with Crippen LogP contribution in [0.25, 0.3) is 6.08 Å². The molecule has 0 N–H and O–H groups in total. The number of halogens is 1. The third-order valence-corrected chi connectivity index (χ3v) is 4.93. The van der Waals surface area contributed by atoms with E-state index in [4.69, 9.17) is 9.47 Å². The molecule has 0 saturated carbocycles. The van der Waals surface area contributed by atoms with Gasteiger partial charge in [0.05, 0.1) is 25.5 Å². The maximum Gasteiger partial charge on any atom is 0.337 e. The predicted molar refractivity (Wildman–Crippen MR) is 119 cm³/mol. The number of carbonyl (C=O) groups excluding carboxylic acids is 2. The summed E-state index contributed by atoms with van der Waals surface area (Å²) in [5, 5.41) is 0. The van der Waals surface area contributed by atoms with Gasteiger partial charge in [0.2, 0.25) is 0 Å². The fourth-order valence-electron chi connectivity index (χ4n) is 3.27. The number of esters is 1. The summed E-state index contributed by atoms with van der Waals surface area (Å²) in [5.41, 5.74) is 2.51. The van der Waals surface area contributed by atoms with Crippen LogP contribution >= 0.6 is 0 Å². The number of aliphatic imine (C=N–C) groups is 1. The fraction of sp³-hybridized carbons (Fsp3) is 0.0800. The van der Waals surface area contributed by atoms with Gasteiger partial charge in [-0.1, -0.05) is 12.1 Å². The number of nitrogens with zero attached hydrogens (tertiary/aromatic N) is 2. The van der Waals surface area contributed by atoms with Gasteiger partial charge in [-0.2, -0.15) is 0 Å². The van der Waals surface area contributed by atoms with E-state index in [1.54, 1.807) is 61.7 Å². The second-order valence-corrected chi connectivity index (χ2v) is 6.92. The molecule has 1 amide bonds. The topological polar surface area (TPSA) is 68.2 Å². The molecule has 1 aliphatic rings. The molecule has 6 nitrogen and oxygen atoms in total. The van der Waals surface area contributed by atoms with E-state index in [-0.39, 0.29) is 11.6 Å². The van der Waals surface area contributed by atoms with Crippen molar-refractivity contribution in [2.45, 2.75) is 0 Å². The van der Waals surface area contributed by atoms with Crippen LogP contribution in [-0.4, -0.2) is 31.9 Å². The van der Waals surface area contributed by atoms with E-state index < -0.39 is 11.8 Å². The van der Waals surface area contributed by atoms with Gasteiger partial charge >= 0.3 is 5.97 Å². The van der Waals surface area contributed by atoms with Crippen LogP contribution in [0.4, 0.5) is 10.1 Å². The van der Waals surface area contributed by atoms with Gasteiger partial charge in [0.15, 0.2) is 0 Å². The van der Waals surface area contributed by atoms with E-state index in [9.17, 15) is 14.0 Å². The fourth-order valence-corrected chi connectivity index (χ4v) is 3.27. The van der Waals surface area contributed by atoms with Gasteiger partial charge in [0.25, 0.3) is 5.91 Å². The van der Waals surface area contributed by atoms with E-state index in [1.165, 1.54) is 36.3 Å². The zero-order chi connectivity index (χ0) is 22.7. The summed E-state index contributed by atoms with van der Waals surface area (Å²) >= 11 is 0. The molecule has 0 saturated heterocycles. The van der Waals surface area contributed by atoms with Gasteiger partial charge in [-0.15, -0.1) is 0 Å². The molecule has 0 aliphatic carbocycles. The SMILES string of the molecule is COC(=O)c1ccc(/C=C2/N=C(c3ccc(OC)cc3)N(c3ccc(F)cc3)C2=O)cc1. The molecule has 0 atom stereocenters. The Balaban J connectivity index is 1.75. The molecule has 1 heterocycles. The molecule has 0 spiro atoms. The standard InChI is InChI=1S/C25H19FN2O4/c1-31-21-13-7-17(8-14-21)23-27-22(15-16-3-5-18(6-4-16)25(30)32-2)24(29)28(23)20-11-9-19(26)10-12-20/h3-15H,1-2H3/b22-15+. The Kier molecular flexibility index (Phi) is 5.81. The molecule has 7 heteroatoms. The molecular formula is C25H19FN2O4. The highest BCUT2D eigenvalue weighted by atomic mass is 19.1. The van der Waals surface area contributed by atoms with Crippen LogP contribution < -0.4 is 9.64 Å². The van der Waals surface area contributed by atoms with Gasteiger partial charge in [0, 0.05) is 5.56 Å². The molecule has 32 heavy (non-hydrogen) atoms. The van der Waals surface area contributed by atoms with E-state index in [2.05, 4.69) is 4.99 Å². The zero-order valence-corrected chi connectivity index (χ0v) is 17.4. The van der Waals surface area contributed by atoms with Crippen molar-refractivity contribution in [2.24, 2.45) is 4.99 Å². The number of amides is 1. The largest absolute Gasteiger partial charge is 0.497 e. The highest BCUT2D eigenvalue weighted by Crippen LogP contribution is 2.28. The first-order valence-electron chi connectivity index (χ1n) is 9.73. The third-order valence-electron chi connectivity index (χ3n) is 4.93. The van der Waals surface area contributed by atoms with E-state index >= 15 is 0 Å². The van der Waals surface area contributed by atoms with Gasteiger partial charge in [-0.05, 0) is 72.3 Å². The monoisotopic (exact) mass is 430 g/mol.